The van der Waals surface area contributed by atoms with Crippen LogP contribution in [-0.2, 0) is 19.6 Å². The summed E-state index contributed by atoms with van der Waals surface area (Å²) in [5, 5.41) is 11.7. The Morgan fingerprint density at radius 1 is 1.29 bits per heavy atom. The largest absolute Gasteiger partial charge is 0.294 e. The lowest BCUT2D eigenvalue weighted by molar-refractivity contribution is 0.306. The van der Waals surface area contributed by atoms with Crippen LogP contribution in [0.5, 0.6) is 0 Å². The van der Waals surface area contributed by atoms with Crippen molar-refractivity contribution in [2.24, 2.45) is 0 Å². The summed E-state index contributed by atoms with van der Waals surface area (Å²) < 4.78 is 1.47. The van der Waals surface area contributed by atoms with E-state index in [1.165, 1.54) is 15.0 Å². The zero-order valence-electron chi connectivity index (χ0n) is 13.7. The van der Waals surface area contributed by atoms with Gasteiger partial charge in [0.15, 0.2) is 0 Å². The van der Waals surface area contributed by atoms with Gasteiger partial charge in [-0.3, -0.25) is 14.3 Å². The van der Waals surface area contributed by atoms with E-state index in [1.54, 1.807) is 17.4 Å². The quantitative estimate of drug-likeness (QED) is 0.717. The summed E-state index contributed by atoms with van der Waals surface area (Å²) in [5.74, 6) is 0.622. The first-order valence-corrected chi connectivity index (χ1v) is 8.55. The van der Waals surface area contributed by atoms with E-state index in [9.17, 15) is 4.79 Å². The number of para-hydroxylation sites is 1. The number of hydrogen-bond acceptors (Lipinski definition) is 5. The van der Waals surface area contributed by atoms with Gasteiger partial charge in [-0.2, -0.15) is 5.26 Å². The molecule has 0 bridgehead atoms. The van der Waals surface area contributed by atoms with Gasteiger partial charge in [0.1, 0.15) is 12.4 Å². The molecule has 122 valence electrons. The number of aromatic nitrogens is 2. The Bertz CT molecular complexity index is 967. The van der Waals surface area contributed by atoms with E-state index in [0.29, 0.717) is 23.3 Å². The molecule has 0 N–H and O–H groups in total. The van der Waals surface area contributed by atoms with Gasteiger partial charge in [-0.15, -0.1) is 11.3 Å². The fourth-order valence-corrected chi connectivity index (χ4v) is 3.66. The van der Waals surface area contributed by atoms with Gasteiger partial charge < -0.3 is 0 Å². The molecule has 2 heterocycles. The SMILES string of the molecule is Cc1ccsc1CN(C)Cc1nc2ccccc2c(=O)n1CC#N. The smallest absolute Gasteiger partial charge is 0.262 e. The maximum atomic E-state index is 12.6. The molecule has 2 aromatic heterocycles. The monoisotopic (exact) mass is 338 g/mol. The van der Waals surface area contributed by atoms with Crippen LogP contribution >= 0.6 is 11.3 Å². The zero-order chi connectivity index (χ0) is 17.1. The fraction of sp³-hybridized carbons (Fsp3) is 0.278. The molecule has 1 aromatic carbocycles. The van der Waals surface area contributed by atoms with Gasteiger partial charge in [0.2, 0.25) is 0 Å². The minimum atomic E-state index is -0.155. The van der Waals surface area contributed by atoms with Gasteiger partial charge in [-0.1, -0.05) is 12.1 Å². The van der Waals surface area contributed by atoms with Crippen LogP contribution in [0.3, 0.4) is 0 Å². The Hall–Kier alpha value is -2.49. The first kappa shape index (κ1) is 16.4. The molecule has 0 amide bonds. The first-order valence-electron chi connectivity index (χ1n) is 7.67. The van der Waals surface area contributed by atoms with E-state index in [0.717, 1.165) is 6.54 Å². The Morgan fingerprint density at radius 2 is 2.08 bits per heavy atom. The molecule has 0 saturated carbocycles. The van der Waals surface area contributed by atoms with E-state index >= 15 is 0 Å². The van der Waals surface area contributed by atoms with Crippen molar-refractivity contribution in [2.75, 3.05) is 7.05 Å². The molecule has 0 aliphatic carbocycles. The molecular weight excluding hydrogens is 320 g/mol. The van der Waals surface area contributed by atoms with E-state index < -0.39 is 0 Å². The Balaban J connectivity index is 1.96. The van der Waals surface area contributed by atoms with Crippen molar-refractivity contribution in [1.29, 1.82) is 5.26 Å². The summed E-state index contributed by atoms with van der Waals surface area (Å²) in [5.41, 5.74) is 1.79. The van der Waals surface area contributed by atoms with Crippen LogP contribution in [0, 0.1) is 18.3 Å². The van der Waals surface area contributed by atoms with Crippen LogP contribution in [0.4, 0.5) is 0 Å². The highest BCUT2D eigenvalue weighted by Gasteiger charge is 2.13. The standard InChI is InChI=1S/C18H18N4OS/c1-13-7-10-24-16(13)11-21(2)12-17-20-15-6-4-3-5-14(15)18(23)22(17)9-8-19/h3-7,10H,9,11-12H2,1-2H3. The highest BCUT2D eigenvalue weighted by Crippen LogP contribution is 2.18. The van der Waals surface area contributed by atoms with Gasteiger partial charge in [0.25, 0.3) is 5.56 Å². The molecule has 0 aliphatic rings. The molecule has 24 heavy (non-hydrogen) atoms. The summed E-state index contributed by atoms with van der Waals surface area (Å²) in [4.78, 5) is 20.7. The number of fused-ring (bicyclic) bond motifs is 1. The molecule has 0 radical (unpaired) electrons. The van der Waals surface area contributed by atoms with Crippen molar-refractivity contribution in [1.82, 2.24) is 14.5 Å². The van der Waals surface area contributed by atoms with Crippen LogP contribution in [0.1, 0.15) is 16.3 Å². The van der Waals surface area contributed by atoms with Crippen LogP contribution in [-0.4, -0.2) is 21.5 Å². The highest BCUT2D eigenvalue weighted by molar-refractivity contribution is 7.10. The first-order chi connectivity index (χ1) is 11.6. The summed E-state index contributed by atoms with van der Waals surface area (Å²) in [7, 11) is 2.00. The second-order valence-corrected chi connectivity index (χ2v) is 6.79. The van der Waals surface area contributed by atoms with E-state index in [1.807, 2.05) is 25.2 Å². The minimum absolute atomic E-state index is 0.0118. The summed E-state index contributed by atoms with van der Waals surface area (Å²) in [6.45, 7) is 3.41. The maximum absolute atomic E-state index is 12.6. The van der Waals surface area contributed by atoms with Crippen LogP contribution in [0.25, 0.3) is 10.9 Å². The fourth-order valence-electron chi connectivity index (χ4n) is 2.68. The van der Waals surface area contributed by atoms with Gasteiger partial charge in [-0.25, -0.2) is 4.98 Å². The van der Waals surface area contributed by atoms with Crippen molar-refractivity contribution in [3.63, 3.8) is 0 Å². The lowest BCUT2D eigenvalue weighted by atomic mass is 10.2. The number of hydrogen-bond donors (Lipinski definition) is 0. The summed E-state index contributed by atoms with van der Waals surface area (Å²) in [6, 6.07) is 11.4. The second-order valence-electron chi connectivity index (χ2n) is 5.79. The average Bonchev–Trinajstić information content (AvgIpc) is 2.96. The second kappa shape index (κ2) is 6.95. The number of nitrogens with zero attached hydrogens (tertiary/aromatic N) is 4. The molecule has 3 rings (SSSR count). The minimum Gasteiger partial charge on any atom is -0.294 e. The number of benzene rings is 1. The zero-order valence-corrected chi connectivity index (χ0v) is 14.5. The van der Waals surface area contributed by atoms with Gasteiger partial charge in [0.05, 0.1) is 23.5 Å². The molecular formula is C18H18N4OS. The molecule has 0 atom stereocenters. The third kappa shape index (κ3) is 3.23. The van der Waals surface area contributed by atoms with Crippen molar-refractivity contribution in [3.05, 3.63) is 62.3 Å². The third-order valence-electron chi connectivity index (χ3n) is 3.96. The molecule has 0 unspecified atom stereocenters. The number of nitriles is 1. The maximum Gasteiger partial charge on any atom is 0.262 e. The topological polar surface area (TPSA) is 61.9 Å². The third-order valence-corrected chi connectivity index (χ3v) is 4.97. The normalized spacial score (nSPS) is 11.1. The summed E-state index contributed by atoms with van der Waals surface area (Å²) >= 11 is 1.73. The lowest BCUT2D eigenvalue weighted by Gasteiger charge is -2.18. The van der Waals surface area contributed by atoms with Crippen LogP contribution in [0.2, 0.25) is 0 Å². The van der Waals surface area contributed by atoms with E-state index in [2.05, 4.69) is 34.3 Å². The highest BCUT2D eigenvalue weighted by atomic mass is 32.1. The number of thiophene rings is 1. The molecule has 6 heteroatoms. The molecule has 3 aromatic rings. The van der Waals surface area contributed by atoms with Crippen molar-refractivity contribution in [2.45, 2.75) is 26.6 Å². The van der Waals surface area contributed by atoms with Gasteiger partial charge in [-0.05, 0) is 43.1 Å². The van der Waals surface area contributed by atoms with Gasteiger partial charge >= 0.3 is 0 Å². The Labute approximate surface area is 144 Å². The van der Waals surface area contributed by atoms with Crippen LogP contribution in [0.15, 0.2) is 40.5 Å². The van der Waals surface area contributed by atoms with Gasteiger partial charge in [0, 0.05) is 11.4 Å². The van der Waals surface area contributed by atoms with Crippen molar-refractivity contribution < 1.29 is 0 Å². The lowest BCUT2D eigenvalue weighted by Crippen LogP contribution is -2.29. The number of rotatable bonds is 5. The van der Waals surface area contributed by atoms with Crippen LogP contribution < -0.4 is 5.56 Å². The predicted octanol–water partition coefficient (Wildman–Crippen LogP) is 2.92. The molecule has 5 nitrogen and oxygen atoms in total. The number of aryl methyl sites for hydroxylation is 1. The van der Waals surface area contributed by atoms with E-state index in [4.69, 9.17) is 5.26 Å². The Kier molecular flexibility index (Phi) is 4.74. The molecule has 0 fully saturated rings. The van der Waals surface area contributed by atoms with Crippen molar-refractivity contribution in [3.8, 4) is 6.07 Å². The predicted molar refractivity (Wildman–Crippen MR) is 95.8 cm³/mol. The molecule has 0 aliphatic heterocycles. The molecule has 0 saturated heterocycles. The molecule has 0 spiro atoms. The Morgan fingerprint density at radius 3 is 2.79 bits per heavy atom. The van der Waals surface area contributed by atoms with Crippen molar-refractivity contribution >= 4 is 22.2 Å². The average molecular weight is 338 g/mol. The van der Waals surface area contributed by atoms with E-state index in [-0.39, 0.29) is 12.1 Å². The summed E-state index contributed by atoms with van der Waals surface area (Å²) in [6.07, 6.45) is 0.